The second-order valence-electron chi connectivity index (χ2n) is 2.94. The highest BCUT2D eigenvalue weighted by Gasteiger charge is 1.90. The van der Waals surface area contributed by atoms with Crippen LogP contribution in [-0.4, -0.2) is 21.2 Å². The molecule has 16 heavy (non-hydrogen) atoms. The number of hydrogen-bond acceptors (Lipinski definition) is 5. The zero-order chi connectivity index (χ0) is 11.2. The van der Waals surface area contributed by atoms with Crippen LogP contribution in [0.15, 0.2) is 46.7 Å². The topological polar surface area (TPSA) is 83.0 Å². The van der Waals surface area contributed by atoms with Gasteiger partial charge in [-0.05, 0) is 6.07 Å². The summed E-state index contributed by atoms with van der Waals surface area (Å²) in [7, 11) is 0. The number of hydrazone groups is 1. The molecule has 6 heteroatoms. The van der Waals surface area contributed by atoms with Crippen LogP contribution in [0, 0.1) is 0 Å². The van der Waals surface area contributed by atoms with Crippen molar-refractivity contribution < 1.29 is 0 Å². The lowest BCUT2D eigenvalue weighted by Crippen LogP contribution is -2.07. The van der Waals surface area contributed by atoms with E-state index in [2.05, 4.69) is 25.5 Å². The van der Waals surface area contributed by atoms with Gasteiger partial charge in [0.2, 0.25) is 5.95 Å². The molecule has 0 spiro atoms. The molecule has 6 nitrogen and oxygen atoms in total. The first-order chi connectivity index (χ1) is 7.84. The minimum Gasteiger partial charge on any atom is -0.291 e. The molecule has 0 saturated heterocycles. The third-order valence-corrected chi connectivity index (χ3v) is 1.74. The van der Waals surface area contributed by atoms with Crippen molar-refractivity contribution in [3.8, 4) is 0 Å². The summed E-state index contributed by atoms with van der Waals surface area (Å²) >= 11 is 0. The van der Waals surface area contributed by atoms with E-state index in [1.54, 1.807) is 18.6 Å². The summed E-state index contributed by atoms with van der Waals surface area (Å²) in [6, 6.07) is 5.00. The number of hydrogen-bond donors (Lipinski definition) is 2. The summed E-state index contributed by atoms with van der Waals surface area (Å²) in [6.45, 7) is 0. The third-order valence-electron chi connectivity index (χ3n) is 1.74. The normalized spacial score (nSPS) is 10.5. The van der Waals surface area contributed by atoms with Crippen LogP contribution in [-0.2, 0) is 0 Å². The molecule has 0 radical (unpaired) electrons. The Labute approximate surface area is 91.1 Å². The molecule has 0 atom stereocenters. The molecular weight excluding hydrogens is 206 g/mol. The molecule has 2 heterocycles. The molecular formula is C10H9N5O. The number of nitrogens with zero attached hydrogens (tertiary/aromatic N) is 3. The first-order valence-corrected chi connectivity index (χ1v) is 4.59. The van der Waals surface area contributed by atoms with Gasteiger partial charge in [-0.1, -0.05) is 6.07 Å². The monoisotopic (exact) mass is 215 g/mol. The molecule has 0 bridgehead atoms. The summed E-state index contributed by atoms with van der Waals surface area (Å²) in [5, 5.41) is 3.91. The van der Waals surface area contributed by atoms with Crippen LogP contribution in [0.1, 0.15) is 5.56 Å². The lowest BCUT2D eigenvalue weighted by Gasteiger charge is -1.96. The fourth-order valence-electron chi connectivity index (χ4n) is 1.05. The van der Waals surface area contributed by atoms with Gasteiger partial charge in [-0.2, -0.15) is 5.10 Å². The maximum Gasteiger partial charge on any atom is 0.252 e. The largest absolute Gasteiger partial charge is 0.291 e. The van der Waals surface area contributed by atoms with E-state index in [4.69, 9.17) is 0 Å². The second-order valence-corrected chi connectivity index (χ2v) is 2.94. The molecule has 0 aliphatic rings. The average Bonchev–Trinajstić information content (AvgIpc) is 2.30. The molecule has 2 aromatic heterocycles. The predicted octanol–water partition coefficient (Wildman–Crippen LogP) is 0.611. The van der Waals surface area contributed by atoms with Gasteiger partial charge in [-0.15, -0.1) is 0 Å². The van der Waals surface area contributed by atoms with Crippen molar-refractivity contribution in [2.75, 3.05) is 5.43 Å². The van der Waals surface area contributed by atoms with E-state index in [1.807, 2.05) is 12.1 Å². The number of rotatable bonds is 3. The smallest absolute Gasteiger partial charge is 0.252 e. The Kier molecular flexibility index (Phi) is 3.03. The lowest BCUT2D eigenvalue weighted by molar-refractivity contribution is 1.08. The van der Waals surface area contributed by atoms with Crippen molar-refractivity contribution in [2.24, 2.45) is 5.10 Å². The van der Waals surface area contributed by atoms with E-state index in [0.29, 0.717) is 5.95 Å². The maximum atomic E-state index is 10.9. The minimum atomic E-state index is -0.228. The predicted molar refractivity (Wildman–Crippen MR) is 60.3 cm³/mol. The number of H-pyrrole nitrogens is 1. The van der Waals surface area contributed by atoms with Gasteiger partial charge < -0.3 is 0 Å². The van der Waals surface area contributed by atoms with E-state index in [1.165, 1.54) is 12.3 Å². The van der Waals surface area contributed by atoms with Gasteiger partial charge in [-0.25, -0.2) is 10.4 Å². The zero-order valence-electron chi connectivity index (χ0n) is 8.29. The number of aromatic nitrogens is 3. The average molecular weight is 215 g/mol. The van der Waals surface area contributed by atoms with E-state index in [-0.39, 0.29) is 5.56 Å². The van der Waals surface area contributed by atoms with Crippen molar-refractivity contribution in [3.05, 3.63) is 52.7 Å². The summed E-state index contributed by atoms with van der Waals surface area (Å²) in [6.07, 6.45) is 6.34. The van der Waals surface area contributed by atoms with Crippen LogP contribution >= 0.6 is 0 Å². The fraction of sp³-hybridized carbons (Fsp3) is 0. The molecule has 0 amide bonds. The molecule has 2 rings (SSSR count). The Morgan fingerprint density at radius 3 is 3.06 bits per heavy atom. The number of pyridine rings is 1. The maximum absolute atomic E-state index is 10.9. The van der Waals surface area contributed by atoms with E-state index in [0.717, 1.165) is 5.56 Å². The Hall–Kier alpha value is -2.50. The van der Waals surface area contributed by atoms with E-state index < -0.39 is 0 Å². The lowest BCUT2D eigenvalue weighted by atomic mass is 10.3. The summed E-state index contributed by atoms with van der Waals surface area (Å²) in [4.78, 5) is 21.2. The van der Waals surface area contributed by atoms with Crippen molar-refractivity contribution in [2.45, 2.75) is 0 Å². The Balaban J connectivity index is 2.03. The zero-order valence-corrected chi connectivity index (χ0v) is 8.29. The van der Waals surface area contributed by atoms with Crippen molar-refractivity contribution >= 4 is 12.2 Å². The van der Waals surface area contributed by atoms with Gasteiger partial charge in [0.15, 0.2) is 0 Å². The van der Waals surface area contributed by atoms with Crippen LogP contribution in [0.25, 0.3) is 0 Å². The minimum absolute atomic E-state index is 0.228. The molecule has 0 unspecified atom stereocenters. The van der Waals surface area contributed by atoms with Crippen LogP contribution in [0.2, 0.25) is 0 Å². The first kappa shape index (κ1) is 10.0. The summed E-state index contributed by atoms with van der Waals surface area (Å²) in [5.41, 5.74) is 3.24. The van der Waals surface area contributed by atoms with Crippen molar-refractivity contribution in [1.29, 1.82) is 0 Å². The van der Waals surface area contributed by atoms with Crippen molar-refractivity contribution in [1.82, 2.24) is 15.0 Å². The van der Waals surface area contributed by atoms with Gasteiger partial charge >= 0.3 is 0 Å². The standard InChI is InChI=1S/C10H9N5O/c16-9-3-5-12-10(14-9)15-13-7-8-2-1-4-11-6-8/h1-7H,(H2,12,14,15,16). The number of anilines is 1. The number of aromatic amines is 1. The fourth-order valence-corrected chi connectivity index (χ4v) is 1.05. The molecule has 2 aromatic rings. The highest BCUT2D eigenvalue weighted by Crippen LogP contribution is 1.93. The molecule has 0 aliphatic heterocycles. The molecule has 2 N–H and O–H groups in total. The second kappa shape index (κ2) is 4.83. The summed E-state index contributed by atoms with van der Waals surface area (Å²) < 4.78 is 0. The van der Waals surface area contributed by atoms with Gasteiger partial charge in [0.1, 0.15) is 0 Å². The van der Waals surface area contributed by atoms with E-state index >= 15 is 0 Å². The van der Waals surface area contributed by atoms with E-state index in [9.17, 15) is 4.79 Å². The Morgan fingerprint density at radius 1 is 1.38 bits per heavy atom. The molecule has 0 saturated carbocycles. The summed E-state index contributed by atoms with van der Waals surface area (Å²) in [5.74, 6) is 0.299. The van der Waals surface area contributed by atoms with Gasteiger partial charge in [0.25, 0.3) is 5.56 Å². The van der Waals surface area contributed by atoms with Gasteiger partial charge in [0, 0.05) is 30.2 Å². The molecule has 0 aromatic carbocycles. The molecule has 0 aliphatic carbocycles. The van der Waals surface area contributed by atoms with Crippen molar-refractivity contribution in [3.63, 3.8) is 0 Å². The van der Waals surface area contributed by atoms with Crippen LogP contribution in [0.5, 0.6) is 0 Å². The van der Waals surface area contributed by atoms with Crippen LogP contribution in [0.3, 0.4) is 0 Å². The van der Waals surface area contributed by atoms with Gasteiger partial charge in [-0.3, -0.25) is 14.8 Å². The van der Waals surface area contributed by atoms with Gasteiger partial charge in [0.05, 0.1) is 6.21 Å². The Morgan fingerprint density at radius 2 is 2.31 bits per heavy atom. The highest BCUT2D eigenvalue weighted by molar-refractivity contribution is 5.79. The third kappa shape index (κ3) is 2.74. The highest BCUT2D eigenvalue weighted by atomic mass is 16.1. The van der Waals surface area contributed by atoms with Crippen LogP contribution in [0.4, 0.5) is 5.95 Å². The number of nitrogens with one attached hydrogen (secondary N) is 2. The quantitative estimate of drug-likeness (QED) is 0.580. The SMILES string of the molecule is O=c1ccnc(NN=Cc2cccnc2)[nH]1. The molecule has 80 valence electrons. The first-order valence-electron chi connectivity index (χ1n) is 4.59. The molecule has 0 fully saturated rings. The van der Waals surface area contributed by atoms with Crippen LogP contribution < -0.4 is 11.0 Å². The Bertz CT molecular complexity index is 534.